The maximum atomic E-state index is 12.1. The van der Waals surface area contributed by atoms with Gasteiger partial charge in [-0.25, -0.2) is 0 Å². The van der Waals surface area contributed by atoms with Gasteiger partial charge in [-0.2, -0.15) is 0 Å². The molecule has 2 unspecified atom stereocenters. The summed E-state index contributed by atoms with van der Waals surface area (Å²) in [5.74, 6) is 0.916. The van der Waals surface area contributed by atoms with E-state index in [9.17, 15) is 4.79 Å². The lowest BCUT2D eigenvalue weighted by atomic mass is 9.98. The molecule has 1 amide bonds. The molecule has 0 aliphatic carbocycles. The highest BCUT2D eigenvalue weighted by Crippen LogP contribution is 2.29. The summed E-state index contributed by atoms with van der Waals surface area (Å²) in [7, 11) is 2.06. The molecule has 2 heterocycles. The lowest BCUT2D eigenvalue weighted by Gasteiger charge is -2.35. The summed E-state index contributed by atoms with van der Waals surface area (Å²) in [5, 5.41) is 6.58. The molecule has 2 N–H and O–H groups in total. The Balaban J connectivity index is 1.33. The molecule has 0 radical (unpaired) electrons. The van der Waals surface area contributed by atoms with Gasteiger partial charge in [0, 0.05) is 18.1 Å². The first kappa shape index (κ1) is 16.3. The average molecular weight is 317 g/mol. The molecule has 5 heteroatoms. The van der Waals surface area contributed by atoms with E-state index in [0.29, 0.717) is 37.8 Å². The molecular weight excluding hydrogens is 290 g/mol. The van der Waals surface area contributed by atoms with Gasteiger partial charge in [0.05, 0.1) is 13.1 Å². The van der Waals surface area contributed by atoms with E-state index in [-0.39, 0.29) is 5.91 Å². The minimum atomic E-state index is 0.0787. The second-order valence-corrected chi connectivity index (χ2v) is 6.69. The van der Waals surface area contributed by atoms with Gasteiger partial charge < -0.3 is 15.4 Å². The zero-order valence-electron chi connectivity index (χ0n) is 13.8. The molecule has 126 valence electrons. The number of hydrogen-bond acceptors (Lipinski definition) is 4. The number of hydrogen-bond donors (Lipinski definition) is 2. The topological polar surface area (TPSA) is 53.6 Å². The average Bonchev–Trinajstić information content (AvgIpc) is 2.90. The molecule has 2 atom stereocenters. The second-order valence-electron chi connectivity index (χ2n) is 6.69. The van der Waals surface area contributed by atoms with Crippen LogP contribution in [0.3, 0.4) is 0 Å². The number of nitrogens with zero attached hydrogens (tertiary/aromatic N) is 1. The number of benzene rings is 1. The smallest absolute Gasteiger partial charge is 0.234 e. The van der Waals surface area contributed by atoms with E-state index < -0.39 is 0 Å². The molecule has 0 saturated carbocycles. The van der Waals surface area contributed by atoms with Crippen LogP contribution in [0.2, 0.25) is 0 Å². The fraction of sp³-hybridized carbons (Fsp3) is 0.611. The number of ether oxygens (including phenoxy) is 1. The summed E-state index contributed by atoms with van der Waals surface area (Å²) >= 11 is 0. The number of carbonyl (C=O) groups is 1. The van der Waals surface area contributed by atoms with Crippen molar-refractivity contribution in [3.63, 3.8) is 0 Å². The van der Waals surface area contributed by atoms with Crippen LogP contribution in [0.1, 0.15) is 25.7 Å². The standard InChI is InChI=1S/C18H27N3O2/c1-21(16-11-14-7-8-15(12-16)20-14)13-18(22)19-9-10-23-17-5-3-2-4-6-17/h2-6,14-16,20H,7-13H2,1H3,(H,19,22). The van der Waals surface area contributed by atoms with Crippen molar-refractivity contribution >= 4 is 5.91 Å². The predicted molar refractivity (Wildman–Crippen MR) is 90.5 cm³/mol. The number of carbonyl (C=O) groups excluding carboxylic acids is 1. The first-order valence-corrected chi connectivity index (χ1v) is 8.61. The maximum Gasteiger partial charge on any atom is 0.234 e. The summed E-state index contributed by atoms with van der Waals surface area (Å²) < 4.78 is 5.58. The van der Waals surface area contributed by atoms with Crippen LogP contribution in [0.15, 0.2) is 30.3 Å². The minimum Gasteiger partial charge on any atom is -0.492 e. The molecule has 2 fully saturated rings. The monoisotopic (exact) mass is 317 g/mol. The summed E-state index contributed by atoms with van der Waals surface area (Å²) in [5.41, 5.74) is 0. The molecule has 23 heavy (non-hydrogen) atoms. The van der Waals surface area contributed by atoms with Crippen molar-refractivity contribution in [2.45, 2.75) is 43.8 Å². The van der Waals surface area contributed by atoms with Crippen molar-refractivity contribution < 1.29 is 9.53 Å². The summed E-state index contributed by atoms with van der Waals surface area (Å²) in [6.07, 6.45) is 4.91. The Kier molecular flexibility index (Phi) is 5.51. The lowest BCUT2D eigenvalue weighted by molar-refractivity contribution is -0.122. The summed E-state index contributed by atoms with van der Waals surface area (Å²) in [6, 6.07) is 11.5. The molecular formula is C18H27N3O2. The van der Waals surface area contributed by atoms with E-state index >= 15 is 0 Å². The molecule has 1 aromatic carbocycles. The molecule has 1 aromatic rings. The third kappa shape index (κ3) is 4.69. The zero-order valence-corrected chi connectivity index (χ0v) is 13.8. The van der Waals surface area contributed by atoms with E-state index in [1.54, 1.807) is 0 Å². The fourth-order valence-electron chi connectivity index (χ4n) is 3.67. The number of para-hydroxylation sites is 1. The maximum absolute atomic E-state index is 12.1. The predicted octanol–water partition coefficient (Wildman–Crippen LogP) is 1.40. The fourth-order valence-corrected chi connectivity index (χ4v) is 3.67. The van der Waals surface area contributed by atoms with Crippen LogP contribution in [-0.2, 0) is 4.79 Å². The van der Waals surface area contributed by atoms with Gasteiger partial charge in [-0.1, -0.05) is 18.2 Å². The van der Waals surface area contributed by atoms with Gasteiger partial charge in [-0.15, -0.1) is 0 Å². The van der Waals surface area contributed by atoms with E-state index in [2.05, 4.69) is 22.6 Å². The Labute approximate surface area is 138 Å². The Hall–Kier alpha value is -1.59. The minimum absolute atomic E-state index is 0.0787. The number of fused-ring (bicyclic) bond motifs is 2. The first-order chi connectivity index (χ1) is 11.2. The molecule has 5 nitrogen and oxygen atoms in total. The second kappa shape index (κ2) is 7.79. The van der Waals surface area contributed by atoms with Crippen LogP contribution >= 0.6 is 0 Å². The van der Waals surface area contributed by atoms with Crippen molar-refractivity contribution in [1.29, 1.82) is 0 Å². The van der Waals surface area contributed by atoms with Crippen molar-refractivity contribution in [2.24, 2.45) is 0 Å². The normalized spacial score (nSPS) is 26.3. The summed E-state index contributed by atoms with van der Waals surface area (Å²) in [4.78, 5) is 14.3. The molecule has 3 rings (SSSR count). The Morgan fingerprint density at radius 2 is 1.96 bits per heavy atom. The van der Waals surface area contributed by atoms with Crippen LogP contribution in [0.4, 0.5) is 0 Å². The number of nitrogens with one attached hydrogen (secondary N) is 2. The van der Waals surface area contributed by atoms with Gasteiger partial charge in [0.15, 0.2) is 0 Å². The SMILES string of the molecule is CN(CC(=O)NCCOc1ccccc1)C1CC2CCC(C1)N2. The lowest BCUT2D eigenvalue weighted by Crippen LogP contribution is -2.49. The molecule has 0 spiro atoms. The number of likely N-dealkylation sites (N-methyl/N-ethyl adjacent to an activating group) is 1. The van der Waals surface area contributed by atoms with Crippen LogP contribution in [0.25, 0.3) is 0 Å². The van der Waals surface area contributed by atoms with E-state index in [1.807, 2.05) is 30.3 Å². The van der Waals surface area contributed by atoms with Gasteiger partial charge in [0.2, 0.25) is 5.91 Å². The van der Waals surface area contributed by atoms with Gasteiger partial charge in [0.25, 0.3) is 0 Å². The van der Waals surface area contributed by atoms with Gasteiger partial charge in [0.1, 0.15) is 12.4 Å². The highest BCUT2D eigenvalue weighted by molar-refractivity contribution is 5.78. The first-order valence-electron chi connectivity index (χ1n) is 8.61. The molecule has 0 aromatic heterocycles. The number of rotatable bonds is 7. The quantitative estimate of drug-likeness (QED) is 0.747. The van der Waals surface area contributed by atoms with Crippen molar-refractivity contribution in [1.82, 2.24) is 15.5 Å². The molecule has 2 aliphatic rings. The van der Waals surface area contributed by atoms with Crippen LogP contribution in [0, 0.1) is 0 Å². The van der Waals surface area contributed by atoms with E-state index in [1.165, 1.54) is 12.8 Å². The Morgan fingerprint density at radius 3 is 2.65 bits per heavy atom. The van der Waals surface area contributed by atoms with Crippen molar-refractivity contribution in [2.75, 3.05) is 26.7 Å². The van der Waals surface area contributed by atoms with Crippen LogP contribution in [0.5, 0.6) is 5.75 Å². The molecule has 2 bridgehead atoms. The molecule has 2 saturated heterocycles. The highest BCUT2D eigenvalue weighted by atomic mass is 16.5. The third-order valence-electron chi connectivity index (χ3n) is 4.90. The van der Waals surface area contributed by atoms with Crippen LogP contribution < -0.4 is 15.4 Å². The summed E-state index contributed by atoms with van der Waals surface area (Å²) in [6.45, 7) is 1.51. The van der Waals surface area contributed by atoms with Crippen LogP contribution in [-0.4, -0.2) is 55.7 Å². The Bertz CT molecular complexity index is 496. The van der Waals surface area contributed by atoms with Gasteiger partial charge >= 0.3 is 0 Å². The number of amides is 1. The highest BCUT2D eigenvalue weighted by Gasteiger charge is 2.35. The van der Waals surface area contributed by atoms with Crippen molar-refractivity contribution in [3.05, 3.63) is 30.3 Å². The molecule has 2 aliphatic heterocycles. The van der Waals surface area contributed by atoms with Crippen molar-refractivity contribution in [3.8, 4) is 5.75 Å². The van der Waals surface area contributed by atoms with Gasteiger partial charge in [-0.05, 0) is 44.9 Å². The van der Waals surface area contributed by atoms with Gasteiger partial charge in [-0.3, -0.25) is 9.69 Å². The Morgan fingerprint density at radius 1 is 1.26 bits per heavy atom. The number of piperidine rings is 1. The van der Waals surface area contributed by atoms with E-state index in [4.69, 9.17) is 4.74 Å². The zero-order chi connectivity index (χ0) is 16.1. The van der Waals surface area contributed by atoms with E-state index in [0.717, 1.165) is 18.6 Å². The third-order valence-corrected chi connectivity index (χ3v) is 4.90. The largest absolute Gasteiger partial charge is 0.492 e.